The highest BCUT2D eigenvalue weighted by Crippen LogP contribution is 2.28. The molecule has 2 aromatic carbocycles. The molecule has 4 heteroatoms. The Morgan fingerprint density at radius 1 is 1.11 bits per heavy atom. The van der Waals surface area contributed by atoms with Crippen LogP contribution in [0.1, 0.15) is 5.56 Å². The lowest BCUT2D eigenvalue weighted by Crippen LogP contribution is -2.05. The van der Waals surface area contributed by atoms with Crippen molar-refractivity contribution in [2.24, 2.45) is 0 Å². The largest absolute Gasteiger partial charge is 0.316 e. The standard InChI is InChI=1S/C14H12ClF2N/c1-18-8-10-3-2-9(6-13(10)15)12-5-4-11(16)7-14(12)17/h2-7,18H,8H2,1H3. The van der Waals surface area contributed by atoms with E-state index in [1.165, 1.54) is 12.1 Å². The molecule has 0 radical (unpaired) electrons. The van der Waals surface area contributed by atoms with Crippen LogP contribution < -0.4 is 5.32 Å². The van der Waals surface area contributed by atoms with Gasteiger partial charge in [-0.2, -0.15) is 0 Å². The molecule has 0 unspecified atom stereocenters. The number of hydrogen-bond acceptors (Lipinski definition) is 1. The SMILES string of the molecule is CNCc1ccc(-c2ccc(F)cc2F)cc1Cl. The first-order valence-corrected chi connectivity index (χ1v) is 5.88. The molecule has 94 valence electrons. The highest BCUT2D eigenvalue weighted by Gasteiger charge is 2.08. The molecule has 0 saturated heterocycles. The Balaban J connectivity index is 2.42. The summed E-state index contributed by atoms with van der Waals surface area (Å²) in [6, 6.07) is 8.79. The zero-order valence-corrected chi connectivity index (χ0v) is 10.6. The third-order valence-corrected chi connectivity index (χ3v) is 3.01. The van der Waals surface area contributed by atoms with Crippen molar-refractivity contribution in [3.8, 4) is 11.1 Å². The van der Waals surface area contributed by atoms with E-state index in [1.54, 1.807) is 12.1 Å². The van der Waals surface area contributed by atoms with Crippen LogP contribution in [-0.4, -0.2) is 7.05 Å². The summed E-state index contributed by atoms with van der Waals surface area (Å²) in [4.78, 5) is 0. The molecule has 0 aliphatic carbocycles. The number of halogens is 3. The Morgan fingerprint density at radius 2 is 1.89 bits per heavy atom. The molecular weight excluding hydrogens is 256 g/mol. The van der Waals surface area contributed by atoms with Gasteiger partial charge in [-0.3, -0.25) is 0 Å². The van der Waals surface area contributed by atoms with Crippen LogP contribution in [0.4, 0.5) is 8.78 Å². The third kappa shape index (κ3) is 2.68. The highest BCUT2D eigenvalue weighted by molar-refractivity contribution is 6.31. The predicted molar refractivity (Wildman–Crippen MR) is 69.6 cm³/mol. The molecule has 0 fully saturated rings. The van der Waals surface area contributed by atoms with E-state index in [-0.39, 0.29) is 0 Å². The molecule has 18 heavy (non-hydrogen) atoms. The maximum atomic E-state index is 13.6. The molecule has 2 aromatic rings. The van der Waals surface area contributed by atoms with Gasteiger partial charge in [-0.1, -0.05) is 23.7 Å². The molecule has 1 nitrogen and oxygen atoms in total. The van der Waals surface area contributed by atoms with Crippen molar-refractivity contribution in [1.82, 2.24) is 5.32 Å². The second-order valence-electron chi connectivity index (χ2n) is 3.96. The minimum Gasteiger partial charge on any atom is -0.316 e. The van der Waals surface area contributed by atoms with Gasteiger partial charge < -0.3 is 5.32 Å². The van der Waals surface area contributed by atoms with Gasteiger partial charge in [0.2, 0.25) is 0 Å². The van der Waals surface area contributed by atoms with Gasteiger partial charge in [-0.05, 0) is 36.4 Å². The predicted octanol–water partition coefficient (Wildman–Crippen LogP) is 4.00. The van der Waals surface area contributed by atoms with Gasteiger partial charge >= 0.3 is 0 Å². The van der Waals surface area contributed by atoms with E-state index in [4.69, 9.17) is 11.6 Å². The third-order valence-electron chi connectivity index (χ3n) is 2.66. The van der Waals surface area contributed by atoms with Gasteiger partial charge in [-0.25, -0.2) is 8.78 Å². The van der Waals surface area contributed by atoms with Crippen molar-refractivity contribution >= 4 is 11.6 Å². The summed E-state index contributed by atoms with van der Waals surface area (Å²) < 4.78 is 26.5. The number of rotatable bonds is 3. The Bertz CT molecular complexity index is 570. The summed E-state index contributed by atoms with van der Waals surface area (Å²) in [6.07, 6.45) is 0. The van der Waals surface area contributed by atoms with Crippen LogP contribution in [0.3, 0.4) is 0 Å². The van der Waals surface area contributed by atoms with Crippen LogP contribution in [0.5, 0.6) is 0 Å². The molecule has 0 saturated carbocycles. The zero-order valence-electron chi connectivity index (χ0n) is 9.81. The van der Waals surface area contributed by atoms with Crippen molar-refractivity contribution in [2.75, 3.05) is 7.05 Å². The van der Waals surface area contributed by atoms with Gasteiger partial charge in [0, 0.05) is 23.2 Å². The summed E-state index contributed by atoms with van der Waals surface area (Å²) in [6.45, 7) is 0.644. The maximum Gasteiger partial charge on any atom is 0.133 e. The fraction of sp³-hybridized carbons (Fsp3) is 0.143. The van der Waals surface area contributed by atoms with E-state index < -0.39 is 11.6 Å². The first-order valence-electron chi connectivity index (χ1n) is 5.50. The van der Waals surface area contributed by atoms with Crippen LogP contribution in [0.25, 0.3) is 11.1 Å². The average Bonchev–Trinajstić information content (AvgIpc) is 2.32. The van der Waals surface area contributed by atoms with Gasteiger partial charge in [0.15, 0.2) is 0 Å². The van der Waals surface area contributed by atoms with E-state index >= 15 is 0 Å². The van der Waals surface area contributed by atoms with E-state index in [9.17, 15) is 8.78 Å². The molecule has 0 atom stereocenters. The molecule has 0 amide bonds. The quantitative estimate of drug-likeness (QED) is 0.886. The van der Waals surface area contributed by atoms with Gasteiger partial charge in [0.1, 0.15) is 11.6 Å². The van der Waals surface area contributed by atoms with Crippen LogP contribution in [-0.2, 0) is 6.54 Å². The summed E-state index contributed by atoms with van der Waals surface area (Å²) in [5.74, 6) is -1.18. The first kappa shape index (κ1) is 13.0. The van der Waals surface area contributed by atoms with E-state index in [0.29, 0.717) is 22.7 Å². The van der Waals surface area contributed by atoms with Crippen LogP contribution in [0.15, 0.2) is 36.4 Å². The van der Waals surface area contributed by atoms with Gasteiger partial charge in [-0.15, -0.1) is 0 Å². The van der Waals surface area contributed by atoms with Crippen molar-refractivity contribution in [1.29, 1.82) is 0 Å². The minimum atomic E-state index is -0.590. The number of benzene rings is 2. The van der Waals surface area contributed by atoms with E-state index in [2.05, 4.69) is 5.32 Å². The lowest BCUT2D eigenvalue weighted by Gasteiger charge is -2.08. The van der Waals surface area contributed by atoms with Crippen LogP contribution >= 0.6 is 11.6 Å². The Morgan fingerprint density at radius 3 is 2.50 bits per heavy atom. The molecule has 2 rings (SSSR count). The summed E-state index contributed by atoms with van der Waals surface area (Å²) in [5, 5.41) is 3.56. The second-order valence-corrected chi connectivity index (χ2v) is 4.37. The first-order chi connectivity index (χ1) is 8.61. The number of hydrogen-bond donors (Lipinski definition) is 1. The lowest BCUT2D eigenvalue weighted by molar-refractivity contribution is 0.585. The molecular formula is C14H12ClF2N. The number of nitrogens with one attached hydrogen (secondary N) is 1. The van der Waals surface area contributed by atoms with Crippen molar-refractivity contribution < 1.29 is 8.78 Å². The highest BCUT2D eigenvalue weighted by atomic mass is 35.5. The molecule has 0 aromatic heterocycles. The smallest absolute Gasteiger partial charge is 0.133 e. The summed E-state index contributed by atoms with van der Waals surface area (Å²) in [7, 11) is 1.82. The van der Waals surface area contributed by atoms with E-state index in [1.807, 2.05) is 13.1 Å². The summed E-state index contributed by atoms with van der Waals surface area (Å²) in [5.41, 5.74) is 1.91. The maximum absolute atomic E-state index is 13.6. The topological polar surface area (TPSA) is 12.0 Å². The van der Waals surface area contributed by atoms with Crippen molar-refractivity contribution in [2.45, 2.75) is 6.54 Å². The minimum absolute atomic E-state index is 0.342. The van der Waals surface area contributed by atoms with Crippen LogP contribution in [0, 0.1) is 11.6 Å². The fourth-order valence-electron chi connectivity index (χ4n) is 1.77. The zero-order chi connectivity index (χ0) is 13.1. The van der Waals surface area contributed by atoms with Gasteiger partial charge in [0.25, 0.3) is 0 Å². The molecule has 1 N–H and O–H groups in total. The van der Waals surface area contributed by atoms with Gasteiger partial charge in [0.05, 0.1) is 0 Å². The molecule has 0 heterocycles. The van der Waals surface area contributed by atoms with Crippen LogP contribution in [0.2, 0.25) is 5.02 Å². The Labute approximate surface area is 109 Å². The molecule has 0 aliphatic heterocycles. The Kier molecular flexibility index (Phi) is 3.94. The monoisotopic (exact) mass is 267 g/mol. The average molecular weight is 268 g/mol. The second kappa shape index (κ2) is 5.46. The normalized spacial score (nSPS) is 10.7. The fourth-order valence-corrected chi connectivity index (χ4v) is 2.02. The molecule has 0 aliphatic rings. The molecule has 0 bridgehead atoms. The van der Waals surface area contributed by atoms with Crippen molar-refractivity contribution in [3.63, 3.8) is 0 Å². The summed E-state index contributed by atoms with van der Waals surface area (Å²) >= 11 is 6.11. The lowest BCUT2D eigenvalue weighted by atomic mass is 10.0. The Hall–Kier alpha value is -1.45. The van der Waals surface area contributed by atoms with Crippen molar-refractivity contribution in [3.05, 3.63) is 58.6 Å². The van der Waals surface area contributed by atoms with E-state index in [0.717, 1.165) is 11.6 Å². The molecule has 0 spiro atoms.